The molecule has 1 aromatic carbocycles. The van der Waals surface area contributed by atoms with Gasteiger partial charge in [0.2, 0.25) is 0 Å². The lowest BCUT2D eigenvalue weighted by atomic mass is 10.1. The van der Waals surface area contributed by atoms with Gasteiger partial charge in [0, 0.05) is 18.4 Å². The van der Waals surface area contributed by atoms with Crippen molar-refractivity contribution in [2.75, 3.05) is 32.8 Å². The highest BCUT2D eigenvalue weighted by atomic mass is 16.5. The summed E-state index contributed by atoms with van der Waals surface area (Å²) in [6.45, 7) is 3.66. The van der Waals surface area contributed by atoms with Crippen LogP contribution in [0.3, 0.4) is 0 Å². The molecule has 1 saturated heterocycles. The first-order valence-corrected chi connectivity index (χ1v) is 5.81. The van der Waals surface area contributed by atoms with E-state index in [1.165, 1.54) is 0 Å². The fraction of sp³-hybridized carbons (Fsp3) is 0.538. The van der Waals surface area contributed by atoms with Crippen molar-refractivity contribution in [3.8, 4) is 11.5 Å². The lowest BCUT2D eigenvalue weighted by Gasteiger charge is -2.17. The molecule has 1 aliphatic rings. The summed E-state index contributed by atoms with van der Waals surface area (Å²) in [5, 5.41) is 3.47. The Hall–Kier alpha value is -1.42. The van der Waals surface area contributed by atoms with Gasteiger partial charge in [0.05, 0.1) is 26.9 Å². The number of benzene rings is 1. The molecule has 0 aliphatic carbocycles. The molecule has 0 spiro atoms. The van der Waals surface area contributed by atoms with Crippen LogP contribution in [0.15, 0.2) is 12.1 Å². The minimum absolute atomic E-state index is 0.395. The van der Waals surface area contributed by atoms with E-state index in [1.54, 1.807) is 14.2 Å². The van der Waals surface area contributed by atoms with Crippen LogP contribution < -0.4 is 14.8 Å². The second-order valence-corrected chi connectivity index (χ2v) is 4.23. The lowest BCUT2D eigenvalue weighted by Crippen LogP contribution is -2.19. The maximum atomic E-state index is 5.35. The Morgan fingerprint density at radius 1 is 1.24 bits per heavy atom. The van der Waals surface area contributed by atoms with Gasteiger partial charge < -0.3 is 19.5 Å². The maximum Gasteiger partial charge on any atom is 0.162 e. The van der Waals surface area contributed by atoms with E-state index in [0.29, 0.717) is 6.04 Å². The van der Waals surface area contributed by atoms with Crippen molar-refractivity contribution in [2.45, 2.75) is 19.4 Å². The van der Waals surface area contributed by atoms with Gasteiger partial charge in [0.25, 0.3) is 0 Å². The van der Waals surface area contributed by atoms with Crippen LogP contribution in [0.2, 0.25) is 0 Å². The number of methoxy groups -OCH3 is 2. The summed E-state index contributed by atoms with van der Waals surface area (Å²) in [6, 6.07) is 4.36. The molecule has 94 valence electrons. The van der Waals surface area contributed by atoms with Crippen LogP contribution in [0.5, 0.6) is 11.5 Å². The molecule has 0 bridgehead atoms. The van der Waals surface area contributed by atoms with E-state index < -0.39 is 0 Å². The number of aryl methyl sites for hydroxylation is 1. The van der Waals surface area contributed by atoms with Gasteiger partial charge in [-0.3, -0.25) is 0 Å². The van der Waals surface area contributed by atoms with Gasteiger partial charge in [0.1, 0.15) is 0 Å². The molecule has 1 fully saturated rings. The fourth-order valence-corrected chi connectivity index (χ4v) is 2.00. The van der Waals surface area contributed by atoms with E-state index >= 15 is 0 Å². The Balaban J connectivity index is 2.20. The lowest BCUT2D eigenvalue weighted by molar-refractivity contribution is 0.195. The summed E-state index contributed by atoms with van der Waals surface area (Å²) in [4.78, 5) is 0. The molecule has 17 heavy (non-hydrogen) atoms. The third-order valence-electron chi connectivity index (χ3n) is 3.02. The van der Waals surface area contributed by atoms with E-state index in [9.17, 15) is 0 Å². The summed E-state index contributed by atoms with van der Waals surface area (Å²) < 4.78 is 15.9. The Bertz CT molecular complexity index is 386. The zero-order valence-electron chi connectivity index (χ0n) is 10.6. The molecule has 4 heteroatoms. The van der Waals surface area contributed by atoms with Gasteiger partial charge in [-0.25, -0.2) is 0 Å². The van der Waals surface area contributed by atoms with E-state index in [-0.39, 0.29) is 0 Å². The standard InChI is InChI=1S/C13H19NO3/c1-9-6-12(15-2)13(16-3)7-11(9)14-10-4-5-17-8-10/h6-7,10,14H,4-5,8H2,1-3H3. The number of rotatable bonds is 4. The van der Waals surface area contributed by atoms with Crippen molar-refractivity contribution in [3.63, 3.8) is 0 Å². The van der Waals surface area contributed by atoms with Crippen LogP contribution in [0.4, 0.5) is 5.69 Å². The van der Waals surface area contributed by atoms with Gasteiger partial charge in [-0.05, 0) is 25.0 Å². The van der Waals surface area contributed by atoms with Crippen molar-refractivity contribution in [3.05, 3.63) is 17.7 Å². The van der Waals surface area contributed by atoms with Crippen LogP contribution in [-0.4, -0.2) is 33.5 Å². The first-order valence-electron chi connectivity index (χ1n) is 5.81. The summed E-state index contributed by atoms with van der Waals surface area (Å²) in [7, 11) is 3.30. The minimum Gasteiger partial charge on any atom is -0.493 e. The Labute approximate surface area is 102 Å². The van der Waals surface area contributed by atoms with Gasteiger partial charge in [-0.15, -0.1) is 0 Å². The summed E-state index contributed by atoms with van der Waals surface area (Å²) >= 11 is 0. The topological polar surface area (TPSA) is 39.7 Å². The van der Waals surface area contributed by atoms with E-state index in [4.69, 9.17) is 14.2 Å². The smallest absolute Gasteiger partial charge is 0.162 e. The molecule has 1 heterocycles. The molecule has 0 saturated carbocycles. The zero-order chi connectivity index (χ0) is 12.3. The van der Waals surface area contributed by atoms with Crippen LogP contribution in [-0.2, 0) is 4.74 Å². The SMILES string of the molecule is COc1cc(C)c(NC2CCOC2)cc1OC. The largest absolute Gasteiger partial charge is 0.493 e. The molecule has 1 unspecified atom stereocenters. The van der Waals surface area contributed by atoms with Gasteiger partial charge in [-0.1, -0.05) is 0 Å². The monoisotopic (exact) mass is 237 g/mol. The maximum absolute atomic E-state index is 5.35. The Kier molecular flexibility index (Phi) is 3.74. The second-order valence-electron chi connectivity index (χ2n) is 4.23. The van der Waals surface area contributed by atoms with Crippen LogP contribution in [0, 0.1) is 6.92 Å². The molecule has 1 atom stereocenters. The normalized spacial score (nSPS) is 19.1. The molecule has 0 aromatic heterocycles. The summed E-state index contributed by atoms with van der Waals surface area (Å²) in [5.74, 6) is 1.51. The van der Waals surface area contributed by atoms with Crippen molar-refractivity contribution < 1.29 is 14.2 Å². The van der Waals surface area contributed by atoms with E-state index in [0.717, 1.165) is 42.4 Å². The molecular weight excluding hydrogens is 218 g/mol. The van der Waals surface area contributed by atoms with Crippen molar-refractivity contribution in [1.82, 2.24) is 0 Å². The number of hydrogen-bond acceptors (Lipinski definition) is 4. The Morgan fingerprint density at radius 3 is 2.53 bits per heavy atom. The molecule has 0 radical (unpaired) electrons. The highest BCUT2D eigenvalue weighted by Crippen LogP contribution is 2.33. The first-order chi connectivity index (χ1) is 8.24. The molecule has 1 N–H and O–H groups in total. The second kappa shape index (κ2) is 5.27. The molecule has 2 rings (SSSR count). The number of hydrogen-bond donors (Lipinski definition) is 1. The summed E-state index contributed by atoms with van der Waals surface area (Å²) in [5.41, 5.74) is 2.23. The quantitative estimate of drug-likeness (QED) is 0.871. The summed E-state index contributed by atoms with van der Waals surface area (Å²) in [6.07, 6.45) is 1.05. The van der Waals surface area contributed by atoms with Crippen LogP contribution in [0.25, 0.3) is 0 Å². The van der Waals surface area contributed by atoms with E-state index in [2.05, 4.69) is 12.2 Å². The average Bonchev–Trinajstić information content (AvgIpc) is 2.84. The van der Waals surface area contributed by atoms with E-state index in [1.807, 2.05) is 12.1 Å². The molecular formula is C13H19NO3. The molecule has 1 aliphatic heterocycles. The van der Waals surface area contributed by atoms with Crippen LogP contribution in [0.1, 0.15) is 12.0 Å². The van der Waals surface area contributed by atoms with Crippen molar-refractivity contribution >= 4 is 5.69 Å². The number of anilines is 1. The van der Waals surface area contributed by atoms with Crippen molar-refractivity contribution in [2.24, 2.45) is 0 Å². The van der Waals surface area contributed by atoms with Crippen molar-refractivity contribution in [1.29, 1.82) is 0 Å². The molecule has 0 amide bonds. The predicted octanol–water partition coefficient (Wildman–Crippen LogP) is 2.21. The molecule has 1 aromatic rings. The fourth-order valence-electron chi connectivity index (χ4n) is 2.00. The number of ether oxygens (including phenoxy) is 3. The van der Waals surface area contributed by atoms with Gasteiger partial charge >= 0.3 is 0 Å². The Morgan fingerprint density at radius 2 is 1.94 bits per heavy atom. The highest BCUT2D eigenvalue weighted by molar-refractivity contribution is 5.60. The molecule has 4 nitrogen and oxygen atoms in total. The first kappa shape index (κ1) is 12.0. The van der Waals surface area contributed by atoms with Gasteiger partial charge in [-0.2, -0.15) is 0 Å². The van der Waals surface area contributed by atoms with Crippen LogP contribution >= 0.6 is 0 Å². The predicted molar refractivity (Wildman–Crippen MR) is 67.1 cm³/mol. The average molecular weight is 237 g/mol. The van der Waals surface area contributed by atoms with Gasteiger partial charge in [0.15, 0.2) is 11.5 Å². The zero-order valence-corrected chi connectivity index (χ0v) is 10.6. The minimum atomic E-state index is 0.395. The highest BCUT2D eigenvalue weighted by Gasteiger charge is 2.17. The third kappa shape index (κ3) is 2.64. The number of nitrogens with one attached hydrogen (secondary N) is 1. The third-order valence-corrected chi connectivity index (χ3v) is 3.02.